The van der Waals surface area contributed by atoms with Gasteiger partial charge in [-0.05, 0) is 32.8 Å². The van der Waals surface area contributed by atoms with Crippen molar-refractivity contribution >= 4 is 6.09 Å². The van der Waals surface area contributed by atoms with E-state index in [1.165, 1.54) is 0 Å². The molecule has 2 atom stereocenters. The number of carbonyl (C=O) groups excluding carboxylic acids is 1. The van der Waals surface area contributed by atoms with Gasteiger partial charge in [0.25, 0.3) is 0 Å². The maximum atomic E-state index is 12.8. The Morgan fingerprint density at radius 3 is 2.57 bits per heavy atom. The Morgan fingerprint density at radius 2 is 1.96 bits per heavy atom. The molecule has 1 amide bonds. The highest BCUT2D eigenvalue weighted by atomic mass is 19.1. The lowest BCUT2D eigenvalue weighted by atomic mass is 10.0. The second-order valence-electron chi connectivity index (χ2n) is 6.96. The van der Waals surface area contributed by atoms with E-state index in [4.69, 9.17) is 9.47 Å². The van der Waals surface area contributed by atoms with E-state index in [0.717, 1.165) is 5.56 Å². The summed E-state index contributed by atoms with van der Waals surface area (Å²) in [6.45, 7) is 6.51. The molecule has 0 bridgehead atoms. The molecule has 23 heavy (non-hydrogen) atoms. The fourth-order valence-corrected chi connectivity index (χ4v) is 2.70. The van der Waals surface area contributed by atoms with Crippen LogP contribution in [0.5, 0.6) is 0 Å². The Bertz CT molecular complexity index is 501. The van der Waals surface area contributed by atoms with Crippen LogP contribution in [0.2, 0.25) is 0 Å². The van der Waals surface area contributed by atoms with Crippen molar-refractivity contribution in [3.8, 4) is 0 Å². The topological polar surface area (TPSA) is 38.8 Å². The Labute approximate surface area is 137 Å². The summed E-state index contributed by atoms with van der Waals surface area (Å²) < 4.78 is 24.1. The normalized spacial score (nSPS) is 21.5. The van der Waals surface area contributed by atoms with Crippen LogP contribution in [0, 0.1) is 5.92 Å². The summed E-state index contributed by atoms with van der Waals surface area (Å²) in [6.07, 6.45) is -0.107. The number of hydrogen-bond donors (Lipinski definition) is 0. The van der Waals surface area contributed by atoms with Gasteiger partial charge in [0.05, 0.1) is 25.9 Å². The van der Waals surface area contributed by atoms with E-state index in [0.29, 0.717) is 26.1 Å². The van der Waals surface area contributed by atoms with Gasteiger partial charge in [0.15, 0.2) is 0 Å². The molecule has 0 aliphatic carbocycles. The lowest BCUT2D eigenvalue weighted by molar-refractivity contribution is 0.0108. The van der Waals surface area contributed by atoms with Gasteiger partial charge in [0, 0.05) is 12.5 Å². The molecule has 0 N–H and O–H groups in total. The number of nitrogens with zero attached hydrogens (tertiary/aromatic N) is 1. The maximum Gasteiger partial charge on any atom is 0.410 e. The number of halogens is 1. The molecule has 0 spiro atoms. The number of amides is 1. The van der Waals surface area contributed by atoms with Crippen LogP contribution in [0.1, 0.15) is 32.8 Å². The summed E-state index contributed by atoms with van der Waals surface area (Å²) in [5.41, 5.74) is 0.539. The Hall–Kier alpha value is -1.62. The first-order valence-corrected chi connectivity index (χ1v) is 8.08. The quantitative estimate of drug-likeness (QED) is 0.827. The molecule has 1 aliphatic rings. The Kier molecular flexibility index (Phi) is 5.99. The molecule has 1 aromatic carbocycles. The van der Waals surface area contributed by atoms with Crippen molar-refractivity contribution in [1.82, 2.24) is 4.90 Å². The van der Waals surface area contributed by atoms with Crippen molar-refractivity contribution in [3.05, 3.63) is 35.9 Å². The summed E-state index contributed by atoms with van der Waals surface area (Å²) in [4.78, 5) is 13.8. The standard InChI is InChI=1S/C18H26FNO3/c1-18(2,3)23-17(21)20-11-15(9-10-19)16(12-20)22-13-14-7-5-4-6-8-14/h4-8,15-16H,9-13H2,1-3H3/t15-,16-/m1/s1. The molecule has 1 aromatic rings. The first kappa shape index (κ1) is 17.7. The van der Waals surface area contributed by atoms with Gasteiger partial charge in [0.1, 0.15) is 5.60 Å². The largest absolute Gasteiger partial charge is 0.444 e. The highest BCUT2D eigenvalue weighted by Crippen LogP contribution is 2.26. The molecular weight excluding hydrogens is 297 g/mol. The van der Waals surface area contributed by atoms with Crippen molar-refractivity contribution in [2.24, 2.45) is 5.92 Å². The van der Waals surface area contributed by atoms with Gasteiger partial charge in [-0.15, -0.1) is 0 Å². The van der Waals surface area contributed by atoms with E-state index >= 15 is 0 Å². The lowest BCUT2D eigenvalue weighted by Gasteiger charge is -2.24. The molecule has 0 aromatic heterocycles. The van der Waals surface area contributed by atoms with Crippen LogP contribution in [0.15, 0.2) is 30.3 Å². The third-order valence-electron chi connectivity index (χ3n) is 3.82. The second kappa shape index (κ2) is 7.77. The molecule has 128 valence electrons. The van der Waals surface area contributed by atoms with Crippen molar-refractivity contribution in [3.63, 3.8) is 0 Å². The van der Waals surface area contributed by atoms with E-state index in [2.05, 4.69) is 0 Å². The Balaban J connectivity index is 1.93. The summed E-state index contributed by atoms with van der Waals surface area (Å²) in [7, 11) is 0. The van der Waals surface area contributed by atoms with Crippen LogP contribution < -0.4 is 0 Å². The summed E-state index contributed by atoms with van der Waals surface area (Å²) in [6, 6.07) is 9.85. The molecule has 0 radical (unpaired) electrons. The fraction of sp³-hybridized carbons (Fsp3) is 0.611. The zero-order valence-corrected chi connectivity index (χ0v) is 14.1. The number of alkyl halides is 1. The summed E-state index contributed by atoms with van der Waals surface area (Å²) in [5, 5.41) is 0. The van der Waals surface area contributed by atoms with Crippen LogP contribution in [-0.4, -0.2) is 42.5 Å². The van der Waals surface area contributed by atoms with Crippen molar-refractivity contribution in [2.45, 2.75) is 45.5 Å². The number of rotatable bonds is 5. The highest BCUT2D eigenvalue weighted by Gasteiger charge is 2.37. The summed E-state index contributed by atoms with van der Waals surface area (Å²) in [5.74, 6) is 0.0104. The van der Waals surface area contributed by atoms with Gasteiger partial charge in [-0.3, -0.25) is 4.39 Å². The SMILES string of the molecule is CC(C)(C)OC(=O)N1C[C@@H](CCF)[C@H](OCc2ccccc2)C1. The zero-order valence-electron chi connectivity index (χ0n) is 14.1. The number of benzene rings is 1. The van der Waals surface area contributed by atoms with Gasteiger partial charge in [-0.2, -0.15) is 0 Å². The first-order valence-electron chi connectivity index (χ1n) is 8.08. The van der Waals surface area contributed by atoms with E-state index in [1.54, 1.807) is 4.90 Å². The minimum atomic E-state index is -0.532. The molecule has 1 aliphatic heterocycles. The molecule has 4 nitrogen and oxygen atoms in total. The third kappa shape index (κ3) is 5.50. The predicted molar refractivity (Wildman–Crippen MR) is 86.9 cm³/mol. The monoisotopic (exact) mass is 323 g/mol. The van der Waals surface area contributed by atoms with Crippen molar-refractivity contribution in [1.29, 1.82) is 0 Å². The minimum absolute atomic E-state index is 0.0104. The van der Waals surface area contributed by atoms with Crippen LogP contribution in [0.25, 0.3) is 0 Å². The van der Waals surface area contributed by atoms with Crippen LogP contribution in [0.4, 0.5) is 9.18 Å². The smallest absolute Gasteiger partial charge is 0.410 e. The van der Waals surface area contributed by atoms with Gasteiger partial charge in [-0.1, -0.05) is 30.3 Å². The van der Waals surface area contributed by atoms with E-state index < -0.39 is 12.3 Å². The fourth-order valence-electron chi connectivity index (χ4n) is 2.70. The average Bonchev–Trinajstić information content (AvgIpc) is 2.88. The van der Waals surface area contributed by atoms with Crippen LogP contribution in [-0.2, 0) is 16.1 Å². The average molecular weight is 323 g/mol. The zero-order chi connectivity index (χ0) is 16.9. The van der Waals surface area contributed by atoms with E-state index in [1.807, 2.05) is 51.1 Å². The minimum Gasteiger partial charge on any atom is -0.444 e. The first-order chi connectivity index (χ1) is 10.9. The predicted octanol–water partition coefficient (Wildman–Crippen LogP) is 3.80. The molecule has 5 heteroatoms. The molecule has 0 saturated carbocycles. The number of ether oxygens (including phenoxy) is 2. The summed E-state index contributed by atoms with van der Waals surface area (Å²) >= 11 is 0. The number of likely N-dealkylation sites (tertiary alicyclic amines) is 1. The van der Waals surface area contributed by atoms with Gasteiger partial charge in [0.2, 0.25) is 0 Å². The van der Waals surface area contributed by atoms with Crippen molar-refractivity contribution in [2.75, 3.05) is 19.8 Å². The molecule has 0 unspecified atom stereocenters. The van der Waals surface area contributed by atoms with Crippen LogP contribution >= 0.6 is 0 Å². The van der Waals surface area contributed by atoms with Gasteiger partial charge < -0.3 is 14.4 Å². The molecule has 1 fully saturated rings. The number of hydrogen-bond acceptors (Lipinski definition) is 3. The Morgan fingerprint density at radius 1 is 1.26 bits per heavy atom. The second-order valence-corrected chi connectivity index (χ2v) is 6.96. The van der Waals surface area contributed by atoms with E-state index in [-0.39, 0.29) is 18.1 Å². The molecule has 2 rings (SSSR count). The lowest BCUT2D eigenvalue weighted by Crippen LogP contribution is -2.36. The maximum absolute atomic E-state index is 12.8. The van der Waals surface area contributed by atoms with E-state index in [9.17, 15) is 9.18 Å². The molecule has 1 heterocycles. The van der Waals surface area contributed by atoms with Crippen LogP contribution in [0.3, 0.4) is 0 Å². The van der Waals surface area contributed by atoms with Gasteiger partial charge in [-0.25, -0.2) is 4.79 Å². The van der Waals surface area contributed by atoms with Gasteiger partial charge >= 0.3 is 6.09 Å². The number of carbonyl (C=O) groups is 1. The molecule has 1 saturated heterocycles. The highest BCUT2D eigenvalue weighted by molar-refractivity contribution is 5.68. The third-order valence-corrected chi connectivity index (χ3v) is 3.82. The molecular formula is C18H26FNO3. The van der Waals surface area contributed by atoms with Crippen molar-refractivity contribution < 1.29 is 18.7 Å².